The van der Waals surface area contributed by atoms with Gasteiger partial charge in [-0.2, -0.15) is 0 Å². The van der Waals surface area contributed by atoms with Crippen molar-refractivity contribution in [1.82, 2.24) is 20.5 Å². The standard InChI is InChI=1S/C15H25N5O.HI/c1-4-9-18-15(16-2)19-12-14(21)20(3)11-8-13-7-5-6-10-17-13;/h5-7,10H,4,8-9,11-12H2,1-3H3,(H2,16,18,19);1H. The number of aliphatic imine (C=N–C) groups is 1. The molecule has 0 spiro atoms. The number of halogens is 1. The summed E-state index contributed by atoms with van der Waals surface area (Å²) in [5, 5.41) is 6.14. The summed E-state index contributed by atoms with van der Waals surface area (Å²) in [6.45, 7) is 3.81. The number of guanidine groups is 1. The third-order valence-corrected chi connectivity index (χ3v) is 3.03. The van der Waals surface area contributed by atoms with Crippen molar-refractivity contribution in [3.8, 4) is 0 Å². The van der Waals surface area contributed by atoms with Crippen LogP contribution in [0.25, 0.3) is 0 Å². The van der Waals surface area contributed by atoms with Gasteiger partial charge in [0.15, 0.2) is 5.96 Å². The molecule has 2 N–H and O–H groups in total. The van der Waals surface area contributed by atoms with Crippen molar-refractivity contribution in [3.05, 3.63) is 30.1 Å². The van der Waals surface area contributed by atoms with Crippen LogP contribution in [-0.2, 0) is 11.2 Å². The molecular weight excluding hydrogens is 393 g/mol. The molecule has 124 valence electrons. The highest BCUT2D eigenvalue weighted by molar-refractivity contribution is 14.0. The van der Waals surface area contributed by atoms with E-state index in [2.05, 4.69) is 27.5 Å². The fourth-order valence-electron chi connectivity index (χ4n) is 1.71. The maximum Gasteiger partial charge on any atom is 0.241 e. The molecule has 0 saturated carbocycles. The Morgan fingerprint density at radius 1 is 1.36 bits per heavy atom. The third-order valence-electron chi connectivity index (χ3n) is 3.03. The molecule has 0 atom stereocenters. The van der Waals surface area contributed by atoms with Crippen LogP contribution in [-0.4, -0.2) is 55.5 Å². The molecule has 0 unspecified atom stereocenters. The lowest BCUT2D eigenvalue weighted by Gasteiger charge is -2.18. The smallest absolute Gasteiger partial charge is 0.241 e. The first-order chi connectivity index (χ1) is 10.2. The van der Waals surface area contributed by atoms with Crippen LogP contribution in [0.4, 0.5) is 0 Å². The van der Waals surface area contributed by atoms with Gasteiger partial charge in [0.05, 0.1) is 6.54 Å². The number of rotatable bonds is 7. The van der Waals surface area contributed by atoms with Gasteiger partial charge < -0.3 is 15.5 Å². The lowest BCUT2D eigenvalue weighted by molar-refractivity contribution is -0.128. The lowest BCUT2D eigenvalue weighted by atomic mass is 10.2. The Morgan fingerprint density at radius 2 is 2.14 bits per heavy atom. The van der Waals surface area contributed by atoms with Gasteiger partial charge >= 0.3 is 0 Å². The number of carbonyl (C=O) groups excluding carboxylic acids is 1. The Bertz CT molecular complexity index is 453. The monoisotopic (exact) mass is 419 g/mol. The van der Waals surface area contributed by atoms with Crippen LogP contribution in [0, 0.1) is 0 Å². The topological polar surface area (TPSA) is 69.6 Å². The molecule has 22 heavy (non-hydrogen) atoms. The SMILES string of the molecule is CCCNC(=NC)NCC(=O)N(C)CCc1ccccn1.I. The van der Waals surface area contributed by atoms with Crippen molar-refractivity contribution < 1.29 is 4.79 Å². The number of aromatic nitrogens is 1. The van der Waals surface area contributed by atoms with Crippen LogP contribution in [0.2, 0.25) is 0 Å². The Labute approximate surface area is 149 Å². The van der Waals surface area contributed by atoms with E-state index in [-0.39, 0.29) is 36.4 Å². The zero-order chi connectivity index (χ0) is 15.5. The van der Waals surface area contributed by atoms with E-state index < -0.39 is 0 Å². The first kappa shape index (κ1) is 20.6. The first-order valence-electron chi connectivity index (χ1n) is 7.25. The summed E-state index contributed by atoms with van der Waals surface area (Å²) in [5.74, 6) is 0.689. The fourth-order valence-corrected chi connectivity index (χ4v) is 1.71. The van der Waals surface area contributed by atoms with Gasteiger partial charge in [-0.3, -0.25) is 14.8 Å². The largest absolute Gasteiger partial charge is 0.356 e. The van der Waals surface area contributed by atoms with E-state index in [0.29, 0.717) is 12.5 Å². The summed E-state index contributed by atoms with van der Waals surface area (Å²) in [4.78, 5) is 22.0. The van der Waals surface area contributed by atoms with Crippen LogP contribution in [0.5, 0.6) is 0 Å². The number of carbonyl (C=O) groups is 1. The Hall–Kier alpha value is -1.38. The van der Waals surface area contributed by atoms with Crippen molar-refractivity contribution in [2.24, 2.45) is 4.99 Å². The van der Waals surface area contributed by atoms with Crippen molar-refractivity contribution in [3.63, 3.8) is 0 Å². The minimum atomic E-state index is 0. The van der Waals surface area contributed by atoms with Gasteiger partial charge in [0.25, 0.3) is 0 Å². The summed E-state index contributed by atoms with van der Waals surface area (Å²) in [6, 6.07) is 5.80. The van der Waals surface area contributed by atoms with Gasteiger partial charge in [-0.05, 0) is 18.6 Å². The number of pyridine rings is 1. The van der Waals surface area contributed by atoms with Gasteiger partial charge in [0.2, 0.25) is 5.91 Å². The number of hydrogen-bond acceptors (Lipinski definition) is 3. The average molecular weight is 419 g/mol. The first-order valence-corrected chi connectivity index (χ1v) is 7.25. The van der Waals surface area contributed by atoms with E-state index in [0.717, 1.165) is 25.1 Å². The highest BCUT2D eigenvalue weighted by atomic mass is 127. The molecule has 6 nitrogen and oxygen atoms in total. The maximum absolute atomic E-state index is 12.0. The predicted molar refractivity (Wildman–Crippen MR) is 101 cm³/mol. The molecule has 1 amide bonds. The van der Waals surface area contributed by atoms with Crippen LogP contribution >= 0.6 is 24.0 Å². The summed E-state index contributed by atoms with van der Waals surface area (Å²) >= 11 is 0. The zero-order valence-electron chi connectivity index (χ0n) is 13.5. The number of amides is 1. The predicted octanol–water partition coefficient (Wildman–Crippen LogP) is 1.28. The molecule has 0 aromatic carbocycles. The number of likely N-dealkylation sites (N-methyl/N-ethyl adjacent to an activating group) is 1. The van der Waals surface area contributed by atoms with E-state index in [1.165, 1.54) is 0 Å². The normalized spacial score (nSPS) is 10.6. The van der Waals surface area contributed by atoms with Crippen LogP contribution < -0.4 is 10.6 Å². The van der Waals surface area contributed by atoms with Crippen LogP contribution in [0.15, 0.2) is 29.4 Å². The molecule has 1 aromatic rings. The van der Waals surface area contributed by atoms with Crippen LogP contribution in [0.1, 0.15) is 19.0 Å². The van der Waals surface area contributed by atoms with Crippen LogP contribution in [0.3, 0.4) is 0 Å². The molecule has 1 heterocycles. The number of nitrogens with one attached hydrogen (secondary N) is 2. The second kappa shape index (κ2) is 12.2. The molecule has 1 rings (SSSR count). The molecule has 0 aliphatic carbocycles. The summed E-state index contributed by atoms with van der Waals surface area (Å²) in [5.41, 5.74) is 0.991. The molecule has 0 saturated heterocycles. The zero-order valence-corrected chi connectivity index (χ0v) is 15.8. The molecule has 0 aliphatic rings. The molecular formula is C15H26IN5O. The number of nitrogens with zero attached hydrogens (tertiary/aromatic N) is 3. The molecule has 0 radical (unpaired) electrons. The second-order valence-corrected chi connectivity index (χ2v) is 4.74. The van der Waals surface area contributed by atoms with Crippen molar-refractivity contribution in [2.75, 3.05) is 33.7 Å². The average Bonchev–Trinajstić information content (AvgIpc) is 2.53. The summed E-state index contributed by atoms with van der Waals surface area (Å²) in [6.07, 6.45) is 3.53. The molecule has 0 fully saturated rings. The van der Waals surface area contributed by atoms with E-state index in [1.54, 1.807) is 25.2 Å². The molecule has 7 heteroatoms. The Balaban J connectivity index is 0.00000441. The molecule has 1 aromatic heterocycles. The van der Waals surface area contributed by atoms with Crippen molar-refractivity contribution >= 4 is 35.8 Å². The lowest BCUT2D eigenvalue weighted by Crippen LogP contribution is -2.44. The molecule has 0 aliphatic heterocycles. The summed E-state index contributed by atoms with van der Waals surface area (Å²) in [7, 11) is 3.50. The Morgan fingerprint density at radius 3 is 2.73 bits per heavy atom. The number of hydrogen-bond donors (Lipinski definition) is 2. The highest BCUT2D eigenvalue weighted by Gasteiger charge is 2.09. The molecule has 0 bridgehead atoms. The minimum absolute atomic E-state index is 0. The van der Waals surface area contributed by atoms with E-state index in [4.69, 9.17) is 0 Å². The van der Waals surface area contributed by atoms with E-state index in [1.807, 2.05) is 18.2 Å². The van der Waals surface area contributed by atoms with Crippen molar-refractivity contribution in [1.29, 1.82) is 0 Å². The van der Waals surface area contributed by atoms with Gasteiger partial charge in [0.1, 0.15) is 0 Å². The van der Waals surface area contributed by atoms with Crippen molar-refractivity contribution in [2.45, 2.75) is 19.8 Å². The fraction of sp³-hybridized carbons (Fsp3) is 0.533. The quantitative estimate of drug-likeness (QED) is 0.397. The van der Waals surface area contributed by atoms with Gasteiger partial charge in [-0.1, -0.05) is 13.0 Å². The minimum Gasteiger partial charge on any atom is -0.356 e. The Kier molecular flexibility index (Phi) is 11.4. The van der Waals surface area contributed by atoms with Gasteiger partial charge in [-0.15, -0.1) is 24.0 Å². The van der Waals surface area contributed by atoms with Gasteiger partial charge in [-0.25, -0.2) is 0 Å². The van der Waals surface area contributed by atoms with Gasteiger partial charge in [0, 0.05) is 45.5 Å². The second-order valence-electron chi connectivity index (χ2n) is 4.74. The third kappa shape index (κ3) is 8.16. The van der Waals surface area contributed by atoms with E-state index >= 15 is 0 Å². The highest BCUT2D eigenvalue weighted by Crippen LogP contribution is 1.96. The summed E-state index contributed by atoms with van der Waals surface area (Å²) < 4.78 is 0. The van der Waals surface area contributed by atoms with E-state index in [9.17, 15) is 4.79 Å². The maximum atomic E-state index is 12.0.